The number of fused-ring (bicyclic) bond motifs is 1. The van der Waals surface area contributed by atoms with Gasteiger partial charge >= 0.3 is 18.3 Å². The second-order valence-corrected chi connectivity index (χ2v) is 8.57. The zero-order chi connectivity index (χ0) is 28.2. The van der Waals surface area contributed by atoms with Crippen LogP contribution < -0.4 is 15.7 Å². The number of aromatic nitrogens is 1. The molecule has 4 rings (SSSR count). The molecular formula is C26H22ClF3N4O5. The van der Waals surface area contributed by atoms with Crippen LogP contribution in [0.4, 0.5) is 39.8 Å². The average Bonchev–Trinajstić information content (AvgIpc) is 3.31. The number of amides is 3. The van der Waals surface area contributed by atoms with Gasteiger partial charge in [-0.15, -0.1) is 0 Å². The Hall–Kier alpha value is -4.26. The lowest BCUT2D eigenvalue weighted by Crippen LogP contribution is -2.32. The molecule has 4 aromatic rings. The maximum absolute atomic E-state index is 13.1. The van der Waals surface area contributed by atoms with E-state index in [1.54, 1.807) is 36.4 Å². The second-order valence-electron chi connectivity index (χ2n) is 8.16. The largest absolute Gasteiger partial charge is 0.447 e. The molecule has 0 radical (unpaired) electrons. The number of rotatable bonds is 7. The van der Waals surface area contributed by atoms with Crippen LogP contribution in [0.1, 0.15) is 5.56 Å². The fraction of sp³-hybridized carbons (Fsp3) is 0.154. The summed E-state index contributed by atoms with van der Waals surface area (Å²) >= 11 is 5.59. The minimum absolute atomic E-state index is 0.0674. The molecule has 0 atom stereocenters. The van der Waals surface area contributed by atoms with Crippen molar-refractivity contribution in [2.75, 3.05) is 36.0 Å². The highest BCUT2D eigenvalue weighted by atomic mass is 35.5. The van der Waals surface area contributed by atoms with Crippen LogP contribution in [0.2, 0.25) is 5.02 Å². The van der Waals surface area contributed by atoms with Crippen LogP contribution in [0.5, 0.6) is 0 Å². The van der Waals surface area contributed by atoms with Crippen LogP contribution in [0.25, 0.3) is 16.6 Å². The van der Waals surface area contributed by atoms with Gasteiger partial charge in [0.25, 0.3) is 0 Å². The Bertz CT molecular complexity index is 1490. The van der Waals surface area contributed by atoms with Crippen molar-refractivity contribution in [3.8, 4) is 5.69 Å². The Morgan fingerprint density at radius 1 is 0.974 bits per heavy atom. The summed E-state index contributed by atoms with van der Waals surface area (Å²) in [6.45, 7) is 0.426. The lowest BCUT2D eigenvalue weighted by Gasteiger charge is -2.18. The molecule has 13 heteroatoms. The Kier molecular flexibility index (Phi) is 8.29. The summed E-state index contributed by atoms with van der Waals surface area (Å²) in [6.07, 6.45) is -3.52. The molecule has 0 bridgehead atoms. The minimum Gasteiger partial charge on any atom is -0.447 e. The van der Waals surface area contributed by atoms with Gasteiger partial charge in [-0.25, -0.2) is 9.59 Å². The van der Waals surface area contributed by atoms with E-state index < -0.39 is 34.6 Å². The molecule has 9 nitrogen and oxygen atoms in total. The zero-order valence-electron chi connectivity index (χ0n) is 20.3. The molecule has 39 heavy (non-hydrogen) atoms. The highest BCUT2D eigenvalue weighted by Gasteiger charge is 2.34. The molecular weight excluding hydrogens is 541 g/mol. The lowest BCUT2D eigenvalue weighted by atomic mass is 10.2. The predicted octanol–water partition coefficient (Wildman–Crippen LogP) is 6.93. The van der Waals surface area contributed by atoms with Gasteiger partial charge in [0.2, 0.25) is 0 Å². The topological polar surface area (TPSA) is 105 Å². The van der Waals surface area contributed by atoms with Crippen molar-refractivity contribution >= 4 is 51.7 Å². The van der Waals surface area contributed by atoms with Crippen LogP contribution in [0.3, 0.4) is 0 Å². The van der Waals surface area contributed by atoms with E-state index in [1.165, 1.54) is 7.11 Å². The number of nitrogens with one attached hydrogen (secondary N) is 2. The third-order valence-corrected chi connectivity index (χ3v) is 5.88. The molecule has 0 saturated heterocycles. The maximum Gasteiger partial charge on any atom is 0.417 e. The number of carbonyl (C=O) groups is 2. The fourth-order valence-corrected chi connectivity index (χ4v) is 3.90. The molecule has 3 aromatic carbocycles. The number of halogens is 4. The lowest BCUT2D eigenvalue weighted by molar-refractivity contribution is -0.137. The number of benzene rings is 3. The van der Waals surface area contributed by atoms with Crippen molar-refractivity contribution in [1.29, 1.82) is 0 Å². The fourth-order valence-electron chi connectivity index (χ4n) is 3.68. The Balaban J connectivity index is 1.44. The van der Waals surface area contributed by atoms with Crippen molar-refractivity contribution in [1.82, 2.24) is 4.57 Å². The number of methoxy groups -OCH3 is 1. The summed E-state index contributed by atoms with van der Waals surface area (Å²) in [5.41, 5.74) is 0.851. The van der Waals surface area contributed by atoms with E-state index in [0.29, 0.717) is 24.0 Å². The molecule has 0 fully saturated rings. The highest BCUT2D eigenvalue weighted by molar-refractivity contribution is 6.31. The minimum atomic E-state index is -4.75. The third-order valence-electron chi connectivity index (χ3n) is 5.55. The summed E-state index contributed by atoms with van der Waals surface area (Å²) in [7, 11) is 1.51. The summed E-state index contributed by atoms with van der Waals surface area (Å²) in [4.78, 5) is 24.3. The number of ether oxygens (including phenoxy) is 2. The van der Waals surface area contributed by atoms with Gasteiger partial charge < -0.3 is 19.4 Å². The predicted molar refractivity (Wildman–Crippen MR) is 140 cm³/mol. The van der Waals surface area contributed by atoms with Crippen LogP contribution in [0.15, 0.2) is 72.9 Å². The molecule has 1 aromatic heterocycles. The molecule has 0 aliphatic heterocycles. The van der Waals surface area contributed by atoms with Crippen LogP contribution >= 0.6 is 11.6 Å². The van der Waals surface area contributed by atoms with Gasteiger partial charge in [-0.2, -0.15) is 18.2 Å². The highest BCUT2D eigenvalue weighted by Crippen LogP contribution is 2.37. The Morgan fingerprint density at radius 3 is 2.38 bits per heavy atom. The number of hydrogen-bond acceptors (Lipinski definition) is 5. The first-order valence-corrected chi connectivity index (χ1v) is 11.8. The Morgan fingerprint density at radius 2 is 1.69 bits per heavy atom. The quantitative estimate of drug-likeness (QED) is 0.129. The summed E-state index contributed by atoms with van der Waals surface area (Å²) in [5, 5.41) is 15.6. The number of hydroxylamine groups is 1. The molecule has 0 saturated carbocycles. The molecule has 0 aliphatic rings. The van der Waals surface area contributed by atoms with Crippen LogP contribution in [0, 0.1) is 0 Å². The summed E-state index contributed by atoms with van der Waals surface area (Å²) in [6, 6.07) is 15.3. The normalized spacial score (nSPS) is 11.3. The second kappa shape index (κ2) is 11.6. The van der Waals surface area contributed by atoms with Crippen molar-refractivity contribution in [2.24, 2.45) is 0 Å². The maximum atomic E-state index is 13.1. The van der Waals surface area contributed by atoms with Crippen molar-refractivity contribution in [2.45, 2.75) is 6.18 Å². The molecule has 3 amide bonds. The number of nitrogens with zero attached hydrogens (tertiary/aromatic N) is 2. The van der Waals surface area contributed by atoms with E-state index >= 15 is 0 Å². The average molecular weight is 563 g/mol. The van der Waals surface area contributed by atoms with Crippen LogP contribution in [-0.4, -0.2) is 42.2 Å². The van der Waals surface area contributed by atoms with Crippen molar-refractivity contribution < 1.29 is 37.4 Å². The van der Waals surface area contributed by atoms with E-state index in [-0.39, 0.29) is 11.7 Å². The van der Waals surface area contributed by atoms with E-state index in [4.69, 9.17) is 21.1 Å². The van der Waals surface area contributed by atoms with Gasteiger partial charge in [0.05, 0.1) is 28.4 Å². The Labute approximate surface area is 225 Å². The molecule has 1 heterocycles. The van der Waals surface area contributed by atoms with E-state index in [0.717, 1.165) is 28.7 Å². The van der Waals surface area contributed by atoms with Crippen molar-refractivity contribution in [3.63, 3.8) is 0 Å². The molecule has 0 spiro atoms. The van der Waals surface area contributed by atoms with E-state index in [9.17, 15) is 28.0 Å². The number of carbonyl (C=O) groups excluding carboxylic acids is 2. The van der Waals surface area contributed by atoms with Crippen molar-refractivity contribution in [3.05, 3.63) is 83.5 Å². The monoisotopic (exact) mass is 562 g/mol. The standard InChI is InChI=1S/C26H22ClF3N4O5/c1-38-12-13-39-25(36)32-18-4-9-23-16(14-18)10-11-33(23)19-5-2-17(3-6-19)31-24(35)34(37)20-7-8-22(27)21(15-20)26(28,29)30/h2-11,14-15,37H,12-13H2,1H3,(H,31,35)(H,32,36). The molecule has 0 aliphatic carbocycles. The molecule has 204 valence electrons. The number of alkyl halides is 3. The van der Waals surface area contributed by atoms with E-state index in [1.807, 2.05) is 22.9 Å². The van der Waals surface area contributed by atoms with Gasteiger partial charge in [-0.1, -0.05) is 11.6 Å². The molecule has 3 N–H and O–H groups in total. The van der Waals surface area contributed by atoms with Gasteiger partial charge in [-0.05, 0) is 66.7 Å². The van der Waals surface area contributed by atoms with Gasteiger partial charge in [0, 0.05) is 35.8 Å². The van der Waals surface area contributed by atoms with Gasteiger partial charge in [-0.3, -0.25) is 10.5 Å². The zero-order valence-corrected chi connectivity index (χ0v) is 21.1. The summed E-state index contributed by atoms with van der Waals surface area (Å²) in [5.74, 6) is 0. The first-order chi connectivity index (χ1) is 18.6. The van der Waals surface area contributed by atoms with E-state index in [2.05, 4.69) is 10.6 Å². The van der Waals surface area contributed by atoms with Gasteiger partial charge in [0.15, 0.2) is 0 Å². The third kappa shape index (κ3) is 6.60. The smallest absolute Gasteiger partial charge is 0.417 e. The van der Waals surface area contributed by atoms with Gasteiger partial charge in [0.1, 0.15) is 6.61 Å². The molecule has 0 unspecified atom stereocenters. The number of urea groups is 1. The number of hydrogen-bond donors (Lipinski definition) is 3. The SMILES string of the molecule is COCCOC(=O)Nc1ccc2c(ccn2-c2ccc(NC(=O)N(O)c3ccc(Cl)c(C(F)(F)F)c3)cc2)c1. The summed E-state index contributed by atoms with van der Waals surface area (Å²) < 4.78 is 51.0. The number of anilines is 3. The first-order valence-electron chi connectivity index (χ1n) is 11.4. The van der Waals surface area contributed by atoms with Crippen LogP contribution in [-0.2, 0) is 15.7 Å². The first kappa shape index (κ1) is 27.8.